The van der Waals surface area contributed by atoms with E-state index in [1.807, 2.05) is 6.07 Å². The van der Waals surface area contributed by atoms with E-state index in [0.29, 0.717) is 5.69 Å². The molecule has 0 spiro atoms. The highest BCUT2D eigenvalue weighted by Gasteiger charge is 2.19. The third kappa shape index (κ3) is 3.40. The van der Waals surface area contributed by atoms with Crippen molar-refractivity contribution < 1.29 is 14.6 Å². The zero-order chi connectivity index (χ0) is 12.0. The number of methoxy groups -OCH3 is 1. The number of para-hydroxylation sites is 1. The summed E-state index contributed by atoms with van der Waals surface area (Å²) in [6, 6.07) is 8.98. The molecule has 0 saturated heterocycles. The molecule has 4 nitrogen and oxygen atoms in total. The van der Waals surface area contributed by atoms with Crippen LogP contribution >= 0.6 is 11.6 Å². The van der Waals surface area contributed by atoms with E-state index in [1.54, 1.807) is 24.3 Å². The van der Waals surface area contributed by atoms with Gasteiger partial charge in [0.2, 0.25) is 0 Å². The van der Waals surface area contributed by atoms with Gasteiger partial charge in [-0.2, -0.15) is 0 Å². The summed E-state index contributed by atoms with van der Waals surface area (Å²) in [5.41, 5.74) is 0.665. The molecule has 1 amide bonds. The first-order valence-corrected chi connectivity index (χ1v) is 5.37. The highest BCUT2D eigenvalue weighted by Crippen LogP contribution is 2.15. The first-order chi connectivity index (χ1) is 7.69. The van der Waals surface area contributed by atoms with Crippen LogP contribution in [0.2, 0.25) is 0 Å². The molecule has 1 aromatic rings. The van der Waals surface area contributed by atoms with E-state index in [9.17, 15) is 9.90 Å². The van der Waals surface area contributed by atoms with Gasteiger partial charge < -0.3 is 9.84 Å². The van der Waals surface area contributed by atoms with Gasteiger partial charge in [-0.05, 0) is 12.1 Å². The Morgan fingerprint density at radius 3 is 2.62 bits per heavy atom. The second-order valence-corrected chi connectivity index (χ2v) is 3.53. The van der Waals surface area contributed by atoms with Crippen LogP contribution in [0.5, 0.6) is 0 Å². The van der Waals surface area contributed by atoms with E-state index in [0.717, 1.165) is 0 Å². The highest BCUT2D eigenvalue weighted by molar-refractivity contribution is 6.18. The predicted molar refractivity (Wildman–Crippen MR) is 62.9 cm³/mol. The first kappa shape index (κ1) is 12.8. The number of benzene rings is 1. The Labute approximate surface area is 99.4 Å². The molecule has 88 valence electrons. The number of carbonyl (C=O) groups is 1. The van der Waals surface area contributed by atoms with Crippen LogP contribution in [0.3, 0.4) is 0 Å². The van der Waals surface area contributed by atoms with E-state index in [-0.39, 0.29) is 12.4 Å². The number of amides is 1. The molecule has 0 aliphatic rings. The number of rotatable bonds is 4. The van der Waals surface area contributed by atoms with Gasteiger partial charge in [0.1, 0.15) is 0 Å². The van der Waals surface area contributed by atoms with Crippen LogP contribution in [0, 0.1) is 0 Å². The average Bonchev–Trinajstić information content (AvgIpc) is 2.35. The zero-order valence-electron chi connectivity index (χ0n) is 8.97. The van der Waals surface area contributed by atoms with Crippen LogP contribution in [0.1, 0.15) is 0 Å². The van der Waals surface area contributed by atoms with E-state index >= 15 is 0 Å². The first-order valence-electron chi connectivity index (χ1n) is 4.83. The summed E-state index contributed by atoms with van der Waals surface area (Å²) in [7, 11) is 1.30. The maximum absolute atomic E-state index is 11.5. The van der Waals surface area contributed by atoms with Crippen LogP contribution < -0.4 is 4.90 Å². The number of alkyl halides is 1. The third-order valence-corrected chi connectivity index (χ3v) is 2.39. The van der Waals surface area contributed by atoms with Crippen molar-refractivity contribution in [3.05, 3.63) is 30.3 Å². The summed E-state index contributed by atoms with van der Waals surface area (Å²) in [4.78, 5) is 12.9. The van der Waals surface area contributed by atoms with Crippen molar-refractivity contribution in [2.24, 2.45) is 0 Å². The molecule has 1 atom stereocenters. The van der Waals surface area contributed by atoms with Gasteiger partial charge in [-0.1, -0.05) is 18.2 Å². The number of ether oxygens (including phenoxy) is 1. The summed E-state index contributed by atoms with van der Waals surface area (Å²) >= 11 is 5.50. The van der Waals surface area contributed by atoms with Crippen molar-refractivity contribution in [3.8, 4) is 0 Å². The molecule has 0 aliphatic carbocycles. The Balaban J connectivity index is 2.84. The molecule has 0 radical (unpaired) electrons. The van der Waals surface area contributed by atoms with Crippen molar-refractivity contribution in [3.63, 3.8) is 0 Å². The van der Waals surface area contributed by atoms with Gasteiger partial charge >= 0.3 is 6.09 Å². The van der Waals surface area contributed by atoms with Crippen LogP contribution in [0.15, 0.2) is 30.3 Å². The minimum Gasteiger partial charge on any atom is -0.452 e. The molecular weight excluding hydrogens is 230 g/mol. The van der Waals surface area contributed by atoms with Crippen molar-refractivity contribution in [2.75, 3.05) is 24.4 Å². The Morgan fingerprint density at radius 2 is 2.12 bits per heavy atom. The standard InChI is InChI=1S/C11H14ClNO3/c1-16-11(15)13(8-10(14)7-12)9-5-3-2-4-6-9/h2-6,10,14H,7-8H2,1H3. The lowest BCUT2D eigenvalue weighted by Crippen LogP contribution is -2.38. The smallest absolute Gasteiger partial charge is 0.414 e. The lowest BCUT2D eigenvalue weighted by Gasteiger charge is -2.23. The van der Waals surface area contributed by atoms with E-state index in [1.165, 1.54) is 12.0 Å². The molecule has 1 N–H and O–H groups in total. The van der Waals surface area contributed by atoms with Gasteiger partial charge in [0.15, 0.2) is 0 Å². The number of carbonyl (C=O) groups excluding carboxylic acids is 1. The summed E-state index contributed by atoms with van der Waals surface area (Å²) in [5, 5.41) is 9.45. The Kier molecular flexibility index (Phi) is 5.08. The number of hydrogen-bond donors (Lipinski definition) is 1. The fraction of sp³-hybridized carbons (Fsp3) is 0.364. The minimum atomic E-state index is -0.777. The fourth-order valence-corrected chi connectivity index (χ4v) is 1.36. The Morgan fingerprint density at radius 1 is 1.50 bits per heavy atom. The molecule has 0 aliphatic heterocycles. The largest absolute Gasteiger partial charge is 0.452 e. The number of halogens is 1. The molecule has 5 heteroatoms. The second-order valence-electron chi connectivity index (χ2n) is 3.22. The quantitative estimate of drug-likeness (QED) is 0.822. The van der Waals surface area contributed by atoms with Crippen molar-refractivity contribution in [1.82, 2.24) is 0 Å². The van der Waals surface area contributed by atoms with Gasteiger partial charge in [0.05, 0.1) is 25.6 Å². The summed E-state index contributed by atoms with van der Waals surface area (Å²) in [6.07, 6.45) is -1.30. The maximum atomic E-state index is 11.5. The summed E-state index contributed by atoms with van der Waals surface area (Å²) in [6.45, 7) is 0.111. The zero-order valence-corrected chi connectivity index (χ0v) is 9.72. The molecule has 16 heavy (non-hydrogen) atoms. The lowest BCUT2D eigenvalue weighted by atomic mass is 10.2. The van der Waals surface area contributed by atoms with Gasteiger partial charge in [-0.25, -0.2) is 4.79 Å². The summed E-state index contributed by atoms with van der Waals surface area (Å²) in [5.74, 6) is 0.0698. The van der Waals surface area contributed by atoms with Crippen LogP contribution in [0.4, 0.5) is 10.5 Å². The molecule has 1 unspecified atom stereocenters. The molecule has 1 rings (SSSR count). The third-order valence-electron chi connectivity index (χ3n) is 2.03. The SMILES string of the molecule is COC(=O)N(CC(O)CCl)c1ccccc1. The van der Waals surface area contributed by atoms with E-state index in [4.69, 9.17) is 11.6 Å². The van der Waals surface area contributed by atoms with Crippen molar-refractivity contribution in [1.29, 1.82) is 0 Å². The van der Waals surface area contributed by atoms with Crippen molar-refractivity contribution >= 4 is 23.4 Å². The Bertz CT molecular complexity index is 331. The molecule has 0 bridgehead atoms. The lowest BCUT2D eigenvalue weighted by molar-refractivity contribution is 0.166. The van der Waals surface area contributed by atoms with E-state index in [2.05, 4.69) is 4.74 Å². The van der Waals surface area contributed by atoms with Gasteiger partial charge in [0.25, 0.3) is 0 Å². The second kappa shape index (κ2) is 6.35. The molecule has 0 fully saturated rings. The van der Waals surface area contributed by atoms with Crippen molar-refractivity contribution in [2.45, 2.75) is 6.10 Å². The average molecular weight is 244 g/mol. The molecule has 1 aromatic carbocycles. The molecule has 0 aromatic heterocycles. The van der Waals surface area contributed by atoms with Crippen LogP contribution in [-0.4, -0.2) is 36.8 Å². The number of nitrogens with zero attached hydrogens (tertiary/aromatic N) is 1. The highest BCUT2D eigenvalue weighted by atomic mass is 35.5. The molecule has 0 saturated carbocycles. The number of aliphatic hydroxyl groups is 1. The van der Waals surface area contributed by atoms with Crippen LogP contribution in [0.25, 0.3) is 0 Å². The molecular formula is C11H14ClNO3. The topological polar surface area (TPSA) is 49.8 Å². The number of anilines is 1. The van der Waals surface area contributed by atoms with Gasteiger partial charge in [0, 0.05) is 5.69 Å². The van der Waals surface area contributed by atoms with E-state index < -0.39 is 12.2 Å². The van der Waals surface area contributed by atoms with Gasteiger partial charge in [-0.3, -0.25) is 4.90 Å². The normalized spacial score (nSPS) is 11.9. The Hall–Kier alpha value is -1.26. The fourth-order valence-electron chi connectivity index (χ4n) is 1.26. The van der Waals surface area contributed by atoms with Crippen LogP contribution in [-0.2, 0) is 4.74 Å². The monoisotopic (exact) mass is 243 g/mol. The maximum Gasteiger partial charge on any atom is 0.414 e. The minimum absolute atomic E-state index is 0.0698. The number of hydrogen-bond acceptors (Lipinski definition) is 3. The summed E-state index contributed by atoms with van der Waals surface area (Å²) < 4.78 is 4.64. The number of aliphatic hydroxyl groups excluding tert-OH is 1. The predicted octanol–water partition coefficient (Wildman–Crippen LogP) is 1.86. The van der Waals surface area contributed by atoms with Gasteiger partial charge in [-0.15, -0.1) is 11.6 Å². The molecule has 0 heterocycles.